The molecule has 0 saturated heterocycles. The van der Waals surface area contributed by atoms with Crippen molar-refractivity contribution in [2.24, 2.45) is 0 Å². The minimum absolute atomic E-state index is 0.0582. The van der Waals surface area contributed by atoms with Crippen LogP contribution in [0.3, 0.4) is 0 Å². The van der Waals surface area contributed by atoms with E-state index in [4.69, 9.17) is 4.74 Å². The van der Waals surface area contributed by atoms with Gasteiger partial charge in [0.15, 0.2) is 0 Å². The number of carbonyl (C=O) groups is 2. The van der Waals surface area contributed by atoms with Crippen molar-refractivity contribution in [2.75, 3.05) is 6.61 Å². The lowest BCUT2D eigenvalue weighted by Gasteiger charge is -2.23. The molecule has 1 aromatic heterocycles. The van der Waals surface area contributed by atoms with E-state index in [0.29, 0.717) is 37.3 Å². The number of benzene rings is 1. The number of aliphatic carboxylic acids is 1. The van der Waals surface area contributed by atoms with Gasteiger partial charge < -0.3 is 14.4 Å². The second kappa shape index (κ2) is 7.13. The zero-order valence-corrected chi connectivity index (χ0v) is 14.6. The Bertz CT molecular complexity index is 789. The first-order valence-corrected chi connectivity index (χ1v) is 8.79. The fourth-order valence-electron chi connectivity index (χ4n) is 3.55. The Kier molecular flexibility index (Phi) is 4.93. The average Bonchev–Trinajstić information content (AvgIpc) is 3.00. The van der Waals surface area contributed by atoms with Gasteiger partial charge in [0, 0.05) is 17.8 Å². The summed E-state index contributed by atoms with van der Waals surface area (Å²) >= 11 is 0. The lowest BCUT2D eigenvalue weighted by Crippen LogP contribution is -2.24. The number of aryl methyl sites for hydroxylation is 1. The van der Waals surface area contributed by atoms with Crippen molar-refractivity contribution in [1.82, 2.24) is 4.57 Å². The number of nitrogens with zero attached hydrogens (tertiary/aromatic N) is 1. The molecule has 0 spiro atoms. The summed E-state index contributed by atoms with van der Waals surface area (Å²) in [7, 11) is 0. The van der Waals surface area contributed by atoms with Crippen LogP contribution in [0.25, 0.3) is 0 Å². The second-order valence-electron chi connectivity index (χ2n) is 6.27. The number of ketones is 1. The molecule has 5 nitrogen and oxygen atoms in total. The third-order valence-electron chi connectivity index (χ3n) is 4.76. The van der Waals surface area contributed by atoms with Crippen molar-refractivity contribution >= 4 is 11.8 Å². The number of rotatable bonds is 6. The smallest absolute Gasteiger partial charge is 0.312 e. The van der Waals surface area contributed by atoms with Gasteiger partial charge in [0.05, 0.1) is 18.2 Å². The molecule has 0 fully saturated rings. The topological polar surface area (TPSA) is 68.5 Å². The third-order valence-corrected chi connectivity index (χ3v) is 4.76. The van der Waals surface area contributed by atoms with Crippen LogP contribution in [0.1, 0.15) is 59.9 Å². The van der Waals surface area contributed by atoms with E-state index in [1.54, 1.807) is 24.3 Å². The maximum absolute atomic E-state index is 13.1. The highest BCUT2D eigenvalue weighted by Crippen LogP contribution is 2.33. The summed E-state index contributed by atoms with van der Waals surface area (Å²) < 4.78 is 7.34. The van der Waals surface area contributed by atoms with E-state index in [9.17, 15) is 14.7 Å². The zero-order chi connectivity index (χ0) is 18.0. The Morgan fingerprint density at radius 2 is 1.96 bits per heavy atom. The molecule has 1 aromatic carbocycles. The van der Waals surface area contributed by atoms with Crippen molar-refractivity contribution in [3.8, 4) is 5.75 Å². The van der Waals surface area contributed by atoms with Gasteiger partial charge in [-0.15, -0.1) is 0 Å². The molecular formula is C20H23NO4. The normalized spacial score (nSPS) is 16.3. The van der Waals surface area contributed by atoms with Crippen LogP contribution < -0.4 is 4.74 Å². The maximum atomic E-state index is 13.1. The SMILES string of the molecule is CCOc1ccc(C(=O)c2c(CC)cc3n2CCCC3C(=O)O)cc1. The quantitative estimate of drug-likeness (QED) is 0.815. The van der Waals surface area contributed by atoms with Gasteiger partial charge in [0.25, 0.3) is 0 Å². The van der Waals surface area contributed by atoms with Gasteiger partial charge in [-0.1, -0.05) is 6.92 Å². The summed E-state index contributed by atoms with van der Waals surface area (Å²) in [6.45, 7) is 5.18. The fraction of sp³-hybridized carbons (Fsp3) is 0.400. The van der Waals surface area contributed by atoms with Crippen molar-refractivity contribution in [1.29, 1.82) is 0 Å². The Morgan fingerprint density at radius 3 is 2.56 bits per heavy atom. The zero-order valence-electron chi connectivity index (χ0n) is 14.6. The highest BCUT2D eigenvalue weighted by Gasteiger charge is 2.31. The number of carboxylic acids is 1. The number of aromatic nitrogens is 1. The first-order valence-electron chi connectivity index (χ1n) is 8.79. The summed E-state index contributed by atoms with van der Waals surface area (Å²) in [6, 6.07) is 9.03. The van der Waals surface area contributed by atoms with Crippen molar-refractivity contribution in [2.45, 2.75) is 45.6 Å². The molecule has 3 rings (SSSR count). The number of hydrogen-bond donors (Lipinski definition) is 1. The average molecular weight is 341 g/mol. The molecule has 0 aliphatic carbocycles. The number of hydrogen-bond acceptors (Lipinski definition) is 3. The summed E-state index contributed by atoms with van der Waals surface area (Å²) in [5.41, 5.74) is 2.90. The van der Waals surface area contributed by atoms with E-state index in [1.807, 2.05) is 24.5 Å². The van der Waals surface area contributed by atoms with Crippen LogP contribution in [0.5, 0.6) is 5.75 Å². The molecule has 132 valence electrons. The van der Waals surface area contributed by atoms with E-state index < -0.39 is 11.9 Å². The molecule has 25 heavy (non-hydrogen) atoms. The molecular weight excluding hydrogens is 318 g/mol. The molecule has 1 unspecified atom stereocenters. The molecule has 1 aliphatic rings. The molecule has 2 aromatic rings. The van der Waals surface area contributed by atoms with Crippen LogP contribution in [-0.4, -0.2) is 28.0 Å². The summed E-state index contributed by atoms with van der Waals surface area (Å²) in [4.78, 5) is 24.6. The van der Waals surface area contributed by atoms with Crippen molar-refractivity contribution in [3.05, 3.63) is 52.8 Å². The van der Waals surface area contributed by atoms with Crippen LogP contribution >= 0.6 is 0 Å². The molecule has 2 heterocycles. The second-order valence-corrected chi connectivity index (χ2v) is 6.27. The van der Waals surface area contributed by atoms with Crippen LogP contribution in [0.2, 0.25) is 0 Å². The molecule has 1 N–H and O–H groups in total. The summed E-state index contributed by atoms with van der Waals surface area (Å²) in [5.74, 6) is -0.669. The van der Waals surface area contributed by atoms with Gasteiger partial charge in [-0.2, -0.15) is 0 Å². The molecule has 0 radical (unpaired) electrons. The Balaban J connectivity index is 2.01. The number of ether oxygens (including phenoxy) is 1. The molecule has 1 atom stereocenters. The first-order chi connectivity index (χ1) is 12.1. The Hall–Kier alpha value is -2.56. The third kappa shape index (κ3) is 3.18. The Morgan fingerprint density at radius 1 is 1.24 bits per heavy atom. The minimum atomic E-state index is -0.818. The van der Waals surface area contributed by atoms with Gasteiger partial charge in [0.1, 0.15) is 5.75 Å². The molecule has 0 bridgehead atoms. The largest absolute Gasteiger partial charge is 0.494 e. The van der Waals surface area contributed by atoms with E-state index in [1.165, 1.54) is 0 Å². The van der Waals surface area contributed by atoms with Crippen molar-refractivity contribution < 1.29 is 19.4 Å². The van der Waals surface area contributed by atoms with Crippen molar-refractivity contribution in [3.63, 3.8) is 0 Å². The molecule has 0 amide bonds. The van der Waals surface area contributed by atoms with Gasteiger partial charge >= 0.3 is 5.97 Å². The predicted molar refractivity (Wildman–Crippen MR) is 94.5 cm³/mol. The molecule has 0 saturated carbocycles. The van der Waals surface area contributed by atoms with Crippen LogP contribution in [0, 0.1) is 0 Å². The highest BCUT2D eigenvalue weighted by atomic mass is 16.5. The monoisotopic (exact) mass is 341 g/mol. The molecule has 1 aliphatic heterocycles. The van der Waals surface area contributed by atoms with Crippen LogP contribution in [-0.2, 0) is 17.8 Å². The van der Waals surface area contributed by atoms with Gasteiger partial charge in [0.2, 0.25) is 5.78 Å². The van der Waals surface area contributed by atoms with E-state index >= 15 is 0 Å². The van der Waals surface area contributed by atoms with Crippen LogP contribution in [0.15, 0.2) is 30.3 Å². The number of carboxylic acid groups (broad SMARTS) is 1. The van der Waals surface area contributed by atoms with E-state index in [-0.39, 0.29) is 5.78 Å². The predicted octanol–water partition coefficient (Wildman–Crippen LogP) is 3.64. The van der Waals surface area contributed by atoms with Crippen LogP contribution in [0.4, 0.5) is 0 Å². The number of fused-ring (bicyclic) bond motifs is 1. The highest BCUT2D eigenvalue weighted by molar-refractivity contribution is 6.09. The number of carbonyl (C=O) groups excluding carboxylic acids is 1. The maximum Gasteiger partial charge on any atom is 0.312 e. The summed E-state index contributed by atoms with van der Waals surface area (Å²) in [6.07, 6.45) is 2.09. The lowest BCUT2D eigenvalue weighted by molar-refractivity contribution is -0.139. The standard InChI is InChI=1S/C20H23NO4/c1-3-13-12-17-16(20(23)24)6-5-11-21(17)18(13)19(22)14-7-9-15(10-8-14)25-4-2/h7-10,12,16H,3-6,11H2,1-2H3,(H,23,24). The fourth-order valence-corrected chi connectivity index (χ4v) is 3.55. The van der Waals surface area contributed by atoms with E-state index in [0.717, 1.165) is 23.4 Å². The minimum Gasteiger partial charge on any atom is -0.494 e. The van der Waals surface area contributed by atoms with Gasteiger partial charge in [-0.05, 0) is 62.1 Å². The molecule has 5 heteroatoms. The van der Waals surface area contributed by atoms with Gasteiger partial charge in [-0.3, -0.25) is 9.59 Å². The Labute approximate surface area is 147 Å². The summed E-state index contributed by atoms with van der Waals surface area (Å²) in [5, 5.41) is 9.48. The first kappa shape index (κ1) is 17.3. The van der Waals surface area contributed by atoms with Gasteiger partial charge in [-0.25, -0.2) is 0 Å². The lowest BCUT2D eigenvalue weighted by atomic mass is 9.96. The van der Waals surface area contributed by atoms with E-state index in [2.05, 4.69) is 0 Å².